The molecule has 0 aliphatic carbocycles. The number of benzene rings is 1. The minimum atomic E-state index is 0.241. The lowest BCUT2D eigenvalue weighted by Crippen LogP contribution is -1.99. The monoisotopic (exact) mass is 282 g/mol. The molecule has 0 saturated carbocycles. The van der Waals surface area contributed by atoms with Crippen molar-refractivity contribution >= 4 is 17.6 Å². The van der Waals surface area contributed by atoms with E-state index in [0.29, 0.717) is 0 Å². The topological polar surface area (TPSA) is 45.0 Å². The summed E-state index contributed by atoms with van der Waals surface area (Å²) in [5.74, 6) is 0.241. The lowest BCUT2D eigenvalue weighted by Gasteiger charge is -2.11. The summed E-state index contributed by atoms with van der Waals surface area (Å²) in [6.07, 6.45) is 5.95. The largest absolute Gasteiger partial charge is 0.507 e. The number of nitrogens with zero attached hydrogens (tertiary/aromatic N) is 2. The number of aliphatic imine (C=N–C) groups is 2. The number of allylic oxidation sites excluding steroid dienone is 3. The van der Waals surface area contributed by atoms with Crippen molar-refractivity contribution in [2.45, 2.75) is 33.1 Å². The smallest absolute Gasteiger partial charge is 0.129 e. The van der Waals surface area contributed by atoms with Crippen LogP contribution >= 0.6 is 0 Å². The standard InChI is InChI=1S/C18H22N2O/c1-13-6-4-9-17(21)12-20-18(13)16-8-5-7-15(11-16)10-14(2)19-3/h5,7-9,11-12,21H,4,6,10H2,1-3H3/b17-9+,18-13+,19-14?,20-12-. The lowest BCUT2D eigenvalue weighted by atomic mass is 9.99. The van der Waals surface area contributed by atoms with E-state index in [0.717, 1.165) is 36.2 Å². The van der Waals surface area contributed by atoms with Crippen LogP contribution in [-0.4, -0.2) is 24.1 Å². The summed E-state index contributed by atoms with van der Waals surface area (Å²) in [6.45, 7) is 4.14. The van der Waals surface area contributed by atoms with Crippen molar-refractivity contribution < 1.29 is 5.11 Å². The molecule has 2 rings (SSSR count). The molecule has 0 amide bonds. The average Bonchev–Trinajstić information content (AvgIpc) is 2.46. The number of hydrogen-bond donors (Lipinski definition) is 1. The lowest BCUT2D eigenvalue weighted by molar-refractivity contribution is 0.443. The molecule has 1 aromatic rings. The van der Waals surface area contributed by atoms with Gasteiger partial charge in [-0.3, -0.25) is 9.98 Å². The molecular weight excluding hydrogens is 260 g/mol. The first kappa shape index (κ1) is 15.2. The number of hydrogen-bond acceptors (Lipinski definition) is 3. The third kappa shape index (κ3) is 4.15. The van der Waals surface area contributed by atoms with E-state index in [1.54, 1.807) is 6.08 Å². The van der Waals surface area contributed by atoms with E-state index >= 15 is 0 Å². The molecule has 0 radical (unpaired) electrons. The molecule has 3 nitrogen and oxygen atoms in total. The Morgan fingerprint density at radius 2 is 2.19 bits per heavy atom. The molecular formula is C18H22N2O. The van der Waals surface area contributed by atoms with Crippen LogP contribution in [0.3, 0.4) is 0 Å². The van der Waals surface area contributed by atoms with Crippen LogP contribution < -0.4 is 0 Å². The maximum absolute atomic E-state index is 9.64. The summed E-state index contributed by atoms with van der Waals surface area (Å²) >= 11 is 0. The van der Waals surface area contributed by atoms with E-state index < -0.39 is 0 Å². The third-order valence-electron chi connectivity index (χ3n) is 3.65. The summed E-state index contributed by atoms with van der Waals surface area (Å²) in [5, 5.41) is 9.64. The molecule has 110 valence electrons. The van der Waals surface area contributed by atoms with Gasteiger partial charge in [0.2, 0.25) is 0 Å². The summed E-state index contributed by atoms with van der Waals surface area (Å²) in [4.78, 5) is 8.67. The molecule has 1 heterocycles. The number of aliphatic hydroxyl groups excluding tert-OH is 1. The van der Waals surface area contributed by atoms with Gasteiger partial charge in [-0.25, -0.2) is 0 Å². The van der Waals surface area contributed by atoms with Crippen molar-refractivity contribution in [3.05, 3.63) is 52.8 Å². The molecule has 0 saturated heterocycles. The second-order valence-corrected chi connectivity index (χ2v) is 5.39. The fourth-order valence-corrected chi connectivity index (χ4v) is 2.37. The predicted molar refractivity (Wildman–Crippen MR) is 90.2 cm³/mol. The Hall–Kier alpha value is -2.16. The molecule has 0 atom stereocenters. The van der Waals surface area contributed by atoms with Gasteiger partial charge in [-0.05, 0) is 50.0 Å². The molecule has 1 aromatic carbocycles. The highest BCUT2D eigenvalue weighted by Crippen LogP contribution is 2.25. The highest BCUT2D eigenvalue weighted by atomic mass is 16.3. The molecule has 0 aromatic heterocycles. The highest BCUT2D eigenvalue weighted by Gasteiger charge is 2.08. The molecule has 1 aliphatic heterocycles. The van der Waals surface area contributed by atoms with Crippen LogP contribution in [0.5, 0.6) is 0 Å². The maximum atomic E-state index is 9.64. The Balaban J connectivity index is 2.36. The van der Waals surface area contributed by atoms with Crippen LogP contribution in [0.2, 0.25) is 0 Å². The van der Waals surface area contributed by atoms with Gasteiger partial charge in [0, 0.05) is 24.7 Å². The van der Waals surface area contributed by atoms with Gasteiger partial charge in [-0.15, -0.1) is 0 Å². The van der Waals surface area contributed by atoms with E-state index in [4.69, 9.17) is 0 Å². The number of aliphatic hydroxyl groups is 1. The van der Waals surface area contributed by atoms with E-state index in [9.17, 15) is 5.11 Å². The SMILES string of the molecule is CN=C(C)Cc1cccc(C2=C(/C)CC\C=C(O)/C=N\2)c1. The first-order chi connectivity index (χ1) is 10.1. The zero-order chi connectivity index (χ0) is 15.2. The first-order valence-electron chi connectivity index (χ1n) is 7.24. The number of rotatable bonds is 3. The molecule has 0 bridgehead atoms. The summed E-state index contributed by atoms with van der Waals surface area (Å²) in [6, 6.07) is 8.39. The van der Waals surface area contributed by atoms with Crippen LogP contribution in [0.1, 0.15) is 37.8 Å². The fourth-order valence-electron chi connectivity index (χ4n) is 2.37. The zero-order valence-electron chi connectivity index (χ0n) is 12.9. The summed E-state index contributed by atoms with van der Waals surface area (Å²) < 4.78 is 0. The highest BCUT2D eigenvalue weighted by molar-refractivity contribution is 5.85. The molecule has 21 heavy (non-hydrogen) atoms. The van der Waals surface area contributed by atoms with Gasteiger partial charge in [0.1, 0.15) is 5.76 Å². The second kappa shape index (κ2) is 7.02. The Bertz CT molecular complexity index is 636. The van der Waals surface area contributed by atoms with Gasteiger partial charge in [-0.2, -0.15) is 0 Å². The Labute approximate surface area is 126 Å². The van der Waals surface area contributed by atoms with Gasteiger partial charge >= 0.3 is 0 Å². The predicted octanol–water partition coefficient (Wildman–Crippen LogP) is 4.36. The normalized spacial score (nSPS) is 24.0. The molecule has 0 fully saturated rings. The average molecular weight is 282 g/mol. The van der Waals surface area contributed by atoms with Gasteiger partial charge < -0.3 is 5.11 Å². The van der Waals surface area contributed by atoms with Crippen LogP contribution in [0.15, 0.2) is 51.7 Å². The zero-order valence-corrected chi connectivity index (χ0v) is 12.9. The molecule has 3 heteroatoms. The minimum absolute atomic E-state index is 0.241. The van der Waals surface area contributed by atoms with Crippen LogP contribution in [0.4, 0.5) is 0 Å². The van der Waals surface area contributed by atoms with Crippen LogP contribution in [0.25, 0.3) is 5.70 Å². The van der Waals surface area contributed by atoms with Crippen LogP contribution in [-0.2, 0) is 6.42 Å². The van der Waals surface area contributed by atoms with Gasteiger partial charge in [-0.1, -0.05) is 18.2 Å². The van der Waals surface area contributed by atoms with Crippen LogP contribution in [0, 0.1) is 0 Å². The molecule has 1 aliphatic rings. The Morgan fingerprint density at radius 1 is 1.38 bits per heavy atom. The quantitative estimate of drug-likeness (QED) is 0.823. The molecule has 0 unspecified atom stereocenters. The third-order valence-corrected chi connectivity index (χ3v) is 3.65. The van der Waals surface area contributed by atoms with Gasteiger partial charge in [0.05, 0.1) is 11.9 Å². The maximum Gasteiger partial charge on any atom is 0.129 e. The van der Waals surface area contributed by atoms with Crippen molar-refractivity contribution in [2.24, 2.45) is 9.98 Å². The van der Waals surface area contributed by atoms with Gasteiger partial charge in [0.15, 0.2) is 0 Å². The van der Waals surface area contributed by atoms with E-state index in [-0.39, 0.29) is 5.76 Å². The summed E-state index contributed by atoms with van der Waals surface area (Å²) in [7, 11) is 1.82. The Kier molecular flexibility index (Phi) is 5.09. The van der Waals surface area contributed by atoms with E-state index in [1.165, 1.54) is 17.4 Å². The first-order valence-corrected chi connectivity index (χ1v) is 7.24. The van der Waals surface area contributed by atoms with E-state index in [2.05, 4.69) is 41.2 Å². The van der Waals surface area contributed by atoms with Gasteiger partial charge in [0.25, 0.3) is 0 Å². The summed E-state index contributed by atoms with van der Waals surface area (Å²) in [5.41, 5.74) is 5.64. The van der Waals surface area contributed by atoms with Crippen molar-refractivity contribution in [1.82, 2.24) is 0 Å². The van der Waals surface area contributed by atoms with Crippen molar-refractivity contribution in [2.75, 3.05) is 7.05 Å². The molecule has 1 N–H and O–H groups in total. The Morgan fingerprint density at radius 3 is 2.95 bits per heavy atom. The molecule has 0 spiro atoms. The van der Waals surface area contributed by atoms with E-state index in [1.807, 2.05) is 14.0 Å². The minimum Gasteiger partial charge on any atom is -0.507 e. The van der Waals surface area contributed by atoms with Crippen molar-refractivity contribution in [3.8, 4) is 0 Å². The van der Waals surface area contributed by atoms with Crippen molar-refractivity contribution in [1.29, 1.82) is 0 Å². The van der Waals surface area contributed by atoms with Crippen molar-refractivity contribution in [3.63, 3.8) is 0 Å². The second-order valence-electron chi connectivity index (χ2n) is 5.39. The fraction of sp³-hybridized carbons (Fsp3) is 0.333.